The molecule has 1 radical (unpaired) electrons. The van der Waals surface area contributed by atoms with Crippen molar-refractivity contribution >= 4 is 0 Å². The van der Waals surface area contributed by atoms with E-state index < -0.39 is 0 Å². The molecular formula is C13H26O6Y-2. The summed E-state index contributed by atoms with van der Waals surface area (Å²) < 4.78 is 31.7. The average molecular weight is 367 g/mol. The standard InChI is InChI=1S/C12H23O6.CH3.Y/c1-2-14-5-6-16-9-10-18-12-11-17-8-7-15-4-3-13-1;;/h1H,2-12H2;1H3;/q2*-1;. The first-order chi connectivity index (χ1) is 9.00. The first kappa shape index (κ1) is 23.1. The molecule has 0 aromatic heterocycles. The van der Waals surface area contributed by atoms with Crippen molar-refractivity contribution in [2.45, 2.75) is 0 Å². The van der Waals surface area contributed by atoms with Crippen LogP contribution in [0, 0.1) is 14.0 Å². The molecule has 1 heterocycles. The minimum Gasteiger partial charge on any atom is -0.548 e. The molecular weight excluding hydrogens is 341 g/mol. The Morgan fingerprint density at radius 1 is 0.500 bits per heavy atom. The molecule has 6 nitrogen and oxygen atoms in total. The Bertz CT molecular complexity index is 97.9. The maximum absolute atomic E-state index is 5.32. The van der Waals surface area contributed by atoms with E-state index in [9.17, 15) is 0 Å². The van der Waals surface area contributed by atoms with Crippen molar-refractivity contribution in [2.75, 3.05) is 72.7 Å². The van der Waals surface area contributed by atoms with Gasteiger partial charge in [0.2, 0.25) is 0 Å². The minimum absolute atomic E-state index is 0. The van der Waals surface area contributed by atoms with Crippen molar-refractivity contribution < 1.29 is 61.1 Å². The zero-order valence-electron chi connectivity index (χ0n) is 12.4. The molecule has 0 spiro atoms. The average Bonchev–Trinajstić information content (AvgIpc) is 2.39. The Balaban J connectivity index is 0. The zero-order chi connectivity index (χ0) is 12.7. The molecule has 0 amide bonds. The van der Waals surface area contributed by atoms with Gasteiger partial charge in [-0.2, -0.15) is 6.61 Å². The van der Waals surface area contributed by atoms with Crippen molar-refractivity contribution in [3.05, 3.63) is 14.0 Å². The maximum atomic E-state index is 5.32. The van der Waals surface area contributed by atoms with Crippen molar-refractivity contribution in [1.29, 1.82) is 0 Å². The maximum Gasteiger partial charge on any atom is 0.0701 e. The van der Waals surface area contributed by atoms with E-state index >= 15 is 0 Å². The fourth-order valence-corrected chi connectivity index (χ4v) is 1.25. The molecule has 119 valence electrons. The smallest absolute Gasteiger partial charge is 0.0701 e. The van der Waals surface area contributed by atoms with Crippen molar-refractivity contribution in [3.63, 3.8) is 0 Å². The summed E-state index contributed by atoms with van der Waals surface area (Å²) in [5.74, 6) is 0. The molecule has 0 unspecified atom stereocenters. The molecule has 0 aliphatic carbocycles. The van der Waals surface area contributed by atoms with Crippen LogP contribution in [0.2, 0.25) is 0 Å². The van der Waals surface area contributed by atoms with Crippen LogP contribution >= 0.6 is 0 Å². The van der Waals surface area contributed by atoms with Gasteiger partial charge in [0.05, 0.1) is 59.5 Å². The van der Waals surface area contributed by atoms with Crippen LogP contribution in [0.15, 0.2) is 0 Å². The summed E-state index contributed by atoms with van der Waals surface area (Å²) in [7, 11) is 0. The summed E-state index contributed by atoms with van der Waals surface area (Å²) in [4.78, 5) is 0. The van der Waals surface area contributed by atoms with Crippen molar-refractivity contribution in [2.24, 2.45) is 0 Å². The molecule has 7 heteroatoms. The van der Waals surface area contributed by atoms with E-state index in [1.165, 1.54) is 0 Å². The molecule has 0 bridgehead atoms. The Kier molecular flexibility index (Phi) is 23.0. The van der Waals surface area contributed by atoms with E-state index in [0.717, 1.165) is 0 Å². The Morgan fingerprint density at radius 2 is 0.850 bits per heavy atom. The predicted molar refractivity (Wildman–Crippen MR) is 70.8 cm³/mol. The molecule has 0 N–H and O–H groups in total. The number of hydrogen-bond acceptors (Lipinski definition) is 6. The van der Waals surface area contributed by atoms with Crippen LogP contribution in [0.25, 0.3) is 0 Å². The summed E-state index contributed by atoms with van der Waals surface area (Å²) in [6.45, 7) is 7.76. The van der Waals surface area contributed by atoms with Crippen LogP contribution in [0.1, 0.15) is 0 Å². The van der Waals surface area contributed by atoms with Crippen LogP contribution in [0.4, 0.5) is 0 Å². The zero-order valence-corrected chi connectivity index (χ0v) is 15.2. The van der Waals surface area contributed by atoms with Gasteiger partial charge in [0.15, 0.2) is 0 Å². The molecule has 0 saturated carbocycles. The number of hydrogen-bond donors (Lipinski definition) is 0. The van der Waals surface area contributed by atoms with Crippen LogP contribution in [-0.2, 0) is 61.1 Å². The Labute approximate surface area is 147 Å². The van der Waals surface area contributed by atoms with Gasteiger partial charge in [-0.05, 0) is 0 Å². The SMILES string of the molecule is [CH-]1COCCOCCOCCOCCOCCO1.[CH3-].[Y]. The minimum atomic E-state index is 0. The largest absolute Gasteiger partial charge is 0.548 e. The quantitative estimate of drug-likeness (QED) is 0.588. The molecule has 0 atom stereocenters. The van der Waals surface area contributed by atoms with Gasteiger partial charge in [0.1, 0.15) is 0 Å². The van der Waals surface area contributed by atoms with E-state index in [2.05, 4.69) is 0 Å². The van der Waals surface area contributed by atoms with Gasteiger partial charge in [0.25, 0.3) is 0 Å². The van der Waals surface area contributed by atoms with Crippen LogP contribution in [0.3, 0.4) is 0 Å². The number of rotatable bonds is 0. The molecule has 1 saturated heterocycles. The summed E-state index contributed by atoms with van der Waals surface area (Å²) in [6, 6.07) is 0. The van der Waals surface area contributed by atoms with E-state index in [-0.39, 0.29) is 40.1 Å². The topological polar surface area (TPSA) is 55.4 Å². The van der Waals surface area contributed by atoms with Crippen LogP contribution in [-0.4, -0.2) is 72.7 Å². The fourth-order valence-electron chi connectivity index (χ4n) is 1.25. The van der Waals surface area contributed by atoms with Gasteiger partial charge in [-0.25, -0.2) is 0 Å². The molecule has 0 aromatic carbocycles. The Hall–Kier alpha value is 0.864. The Morgan fingerprint density at radius 3 is 1.30 bits per heavy atom. The van der Waals surface area contributed by atoms with Gasteiger partial charge >= 0.3 is 0 Å². The molecule has 1 aliphatic rings. The molecule has 1 rings (SSSR count). The second-order valence-corrected chi connectivity index (χ2v) is 3.56. The van der Waals surface area contributed by atoms with E-state index in [4.69, 9.17) is 28.4 Å². The normalized spacial score (nSPS) is 21.6. The van der Waals surface area contributed by atoms with Gasteiger partial charge < -0.3 is 35.8 Å². The third-order valence-corrected chi connectivity index (χ3v) is 2.14. The first-order valence-corrected chi connectivity index (χ1v) is 6.32. The second kappa shape index (κ2) is 19.9. The van der Waals surface area contributed by atoms with E-state index in [0.29, 0.717) is 72.7 Å². The van der Waals surface area contributed by atoms with E-state index in [1.807, 2.05) is 0 Å². The van der Waals surface area contributed by atoms with Crippen molar-refractivity contribution in [3.8, 4) is 0 Å². The van der Waals surface area contributed by atoms with Crippen LogP contribution in [0.5, 0.6) is 0 Å². The molecule has 1 aliphatic heterocycles. The summed E-state index contributed by atoms with van der Waals surface area (Å²) in [5.41, 5.74) is 0. The molecule has 20 heavy (non-hydrogen) atoms. The molecule has 1 fully saturated rings. The second-order valence-electron chi connectivity index (χ2n) is 3.56. The van der Waals surface area contributed by atoms with Gasteiger partial charge in [-0.3, -0.25) is 0 Å². The summed E-state index contributed by atoms with van der Waals surface area (Å²) in [5, 5.41) is 0. The van der Waals surface area contributed by atoms with Crippen LogP contribution < -0.4 is 0 Å². The fraction of sp³-hybridized carbons (Fsp3) is 0.846. The summed E-state index contributed by atoms with van der Waals surface area (Å²) in [6.07, 6.45) is 0. The van der Waals surface area contributed by atoms with Gasteiger partial charge in [-0.15, -0.1) is 0 Å². The first-order valence-electron chi connectivity index (χ1n) is 6.32. The van der Waals surface area contributed by atoms with E-state index in [1.54, 1.807) is 6.61 Å². The summed E-state index contributed by atoms with van der Waals surface area (Å²) >= 11 is 0. The predicted octanol–water partition coefficient (Wildman–Crippen LogP) is 0.709. The van der Waals surface area contributed by atoms with Gasteiger partial charge in [0, 0.05) is 39.3 Å². The third kappa shape index (κ3) is 16.9. The van der Waals surface area contributed by atoms with Gasteiger partial charge in [-0.1, -0.05) is 6.61 Å². The number of ether oxygens (including phenoxy) is 6. The van der Waals surface area contributed by atoms with Crippen molar-refractivity contribution in [1.82, 2.24) is 0 Å². The third-order valence-electron chi connectivity index (χ3n) is 2.14. The molecule has 0 aromatic rings. The monoisotopic (exact) mass is 367 g/mol.